The van der Waals surface area contributed by atoms with Gasteiger partial charge in [-0.05, 0) is 19.1 Å². The lowest BCUT2D eigenvalue weighted by atomic mass is 10.2. The van der Waals surface area contributed by atoms with E-state index in [1.807, 2.05) is 0 Å². The number of rotatable bonds is 3. The summed E-state index contributed by atoms with van der Waals surface area (Å²) in [6, 6.07) is 1.99. The fourth-order valence-corrected chi connectivity index (χ4v) is 1.94. The lowest BCUT2D eigenvalue weighted by molar-refractivity contribution is 0.449. The Morgan fingerprint density at radius 2 is 1.95 bits per heavy atom. The van der Waals surface area contributed by atoms with Crippen LogP contribution in [0.4, 0.5) is 18.9 Å². The van der Waals surface area contributed by atoms with Crippen LogP contribution < -0.4 is 5.32 Å². The molecular formula is C12H11ClF3N3. The Balaban J connectivity index is 2.22. The number of anilines is 1. The number of benzene rings is 1. The summed E-state index contributed by atoms with van der Waals surface area (Å²) < 4.78 is 40.8. The molecule has 0 atom stereocenters. The highest BCUT2D eigenvalue weighted by Crippen LogP contribution is 2.23. The first kappa shape index (κ1) is 13.7. The van der Waals surface area contributed by atoms with Crippen LogP contribution in [0.5, 0.6) is 0 Å². The highest BCUT2D eigenvalue weighted by molar-refractivity contribution is 6.31. The van der Waals surface area contributed by atoms with Crippen LogP contribution in [0.15, 0.2) is 12.1 Å². The maximum absolute atomic E-state index is 13.4. The van der Waals surface area contributed by atoms with Gasteiger partial charge in [-0.1, -0.05) is 11.6 Å². The second-order valence-electron chi connectivity index (χ2n) is 4.05. The minimum absolute atomic E-state index is 0.131. The van der Waals surface area contributed by atoms with Crippen LogP contribution in [0.25, 0.3) is 0 Å². The van der Waals surface area contributed by atoms with Crippen molar-refractivity contribution in [1.82, 2.24) is 9.78 Å². The van der Waals surface area contributed by atoms with E-state index in [1.54, 1.807) is 18.7 Å². The van der Waals surface area contributed by atoms with Crippen LogP contribution >= 0.6 is 11.6 Å². The molecule has 2 aromatic rings. The van der Waals surface area contributed by atoms with Crippen molar-refractivity contribution < 1.29 is 13.2 Å². The zero-order valence-electron chi connectivity index (χ0n) is 10.3. The van der Waals surface area contributed by atoms with E-state index in [1.165, 1.54) is 0 Å². The summed E-state index contributed by atoms with van der Waals surface area (Å²) in [4.78, 5) is 0. The van der Waals surface area contributed by atoms with Gasteiger partial charge in [0.2, 0.25) is 0 Å². The maximum Gasteiger partial charge on any atom is 0.196 e. The summed E-state index contributed by atoms with van der Waals surface area (Å²) in [5.41, 5.74) is 1.14. The van der Waals surface area contributed by atoms with Crippen LogP contribution in [-0.2, 0) is 13.6 Å². The van der Waals surface area contributed by atoms with Crippen LogP contribution in [0.3, 0.4) is 0 Å². The second kappa shape index (κ2) is 5.13. The van der Waals surface area contributed by atoms with Crippen LogP contribution in [0.1, 0.15) is 11.4 Å². The summed E-state index contributed by atoms with van der Waals surface area (Å²) in [6.45, 7) is 1.89. The maximum atomic E-state index is 13.4. The average molecular weight is 290 g/mol. The number of nitrogens with zero attached hydrogens (tertiary/aromatic N) is 2. The zero-order chi connectivity index (χ0) is 14.2. The Kier molecular flexibility index (Phi) is 3.71. The highest BCUT2D eigenvalue weighted by atomic mass is 35.5. The summed E-state index contributed by atoms with van der Waals surface area (Å²) >= 11 is 6.03. The van der Waals surface area contributed by atoms with E-state index >= 15 is 0 Å². The van der Waals surface area contributed by atoms with Crippen molar-refractivity contribution in [2.45, 2.75) is 13.5 Å². The van der Waals surface area contributed by atoms with Crippen molar-refractivity contribution >= 4 is 17.3 Å². The fourth-order valence-electron chi connectivity index (χ4n) is 1.71. The molecule has 0 bridgehead atoms. The molecule has 1 aromatic heterocycles. The highest BCUT2D eigenvalue weighted by Gasteiger charge is 2.15. The molecule has 0 spiro atoms. The molecule has 7 heteroatoms. The molecule has 0 saturated heterocycles. The average Bonchev–Trinajstić information content (AvgIpc) is 2.61. The van der Waals surface area contributed by atoms with Crippen molar-refractivity contribution in [2.24, 2.45) is 7.05 Å². The number of aromatic nitrogens is 2. The molecule has 0 saturated carbocycles. The lowest BCUT2D eigenvalue weighted by Gasteiger charge is -2.09. The molecule has 3 nitrogen and oxygen atoms in total. The molecule has 0 radical (unpaired) electrons. The van der Waals surface area contributed by atoms with E-state index < -0.39 is 17.5 Å². The monoisotopic (exact) mass is 289 g/mol. The third-order valence-electron chi connectivity index (χ3n) is 2.74. The number of hydrogen-bond donors (Lipinski definition) is 1. The van der Waals surface area contributed by atoms with Gasteiger partial charge in [-0.25, -0.2) is 13.2 Å². The van der Waals surface area contributed by atoms with E-state index in [0.717, 1.165) is 12.1 Å². The van der Waals surface area contributed by atoms with E-state index in [9.17, 15) is 13.2 Å². The molecule has 0 aliphatic rings. The van der Waals surface area contributed by atoms with Crippen molar-refractivity contribution in [2.75, 3.05) is 5.32 Å². The van der Waals surface area contributed by atoms with Crippen molar-refractivity contribution in [1.29, 1.82) is 0 Å². The number of aryl methyl sites for hydroxylation is 2. The molecular weight excluding hydrogens is 279 g/mol. The van der Waals surface area contributed by atoms with Crippen LogP contribution in [0, 0.1) is 24.4 Å². The molecule has 0 amide bonds. The first-order valence-electron chi connectivity index (χ1n) is 5.47. The first-order chi connectivity index (χ1) is 8.91. The molecule has 0 aliphatic heterocycles. The van der Waals surface area contributed by atoms with E-state index in [0.29, 0.717) is 16.4 Å². The van der Waals surface area contributed by atoms with Gasteiger partial charge < -0.3 is 5.32 Å². The summed E-state index contributed by atoms with van der Waals surface area (Å²) in [7, 11) is 1.69. The van der Waals surface area contributed by atoms with Gasteiger partial charge in [0.1, 0.15) is 0 Å². The molecule has 1 heterocycles. The van der Waals surface area contributed by atoms with Gasteiger partial charge in [0.05, 0.1) is 28.6 Å². The standard InChI is InChI=1S/C12H11ClF3N3/c1-6-10(13)9(19(2)18-6)5-17-8-4-3-7(14)11(15)12(8)16/h3-4,17H,5H2,1-2H3. The Bertz CT molecular complexity index is 625. The molecule has 19 heavy (non-hydrogen) atoms. The molecule has 0 fully saturated rings. The summed E-state index contributed by atoms with van der Waals surface area (Å²) in [6.07, 6.45) is 0. The smallest absolute Gasteiger partial charge is 0.196 e. The number of hydrogen-bond acceptors (Lipinski definition) is 2. The molecule has 1 N–H and O–H groups in total. The third kappa shape index (κ3) is 2.53. The van der Waals surface area contributed by atoms with Crippen LogP contribution in [-0.4, -0.2) is 9.78 Å². The largest absolute Gasteiger partial charge is 0.377 e. The SMILES string of the molecule is Cc1nn(C)c(CNc2ccc(F)c(F)c2F)c1Cl. The quantitative estimate of drug-likeness (QED) is 0.878. The van der Waals surface area contributed by atoms with Crippen molar-refractivity contribution in [3.8, 4) is 0 Å². The number of nitrogens with one attached hydrogen (secondary N) is 1. The Hall–Kier alpha value is -1.69. The molecule has 0 aliphatic carbocycles. The van der Waals surface area contributed by atoms with Crippen LogP contribution in [0.2, 0.25) is 5.02 Å². The Morgan fingerprint density at radius 1 is 1.26 bits per heavy atom. The summed E-state index contributed by atoms with van der Waals surface area (Å²) in [5.74, 6) is -3.98. The fraction of sp³-hybridized carbons (Fsp3) is 0.250. The van der Waals surface area contributed by atoms with Crippen molar-refractivity contribution in [3.63, 3.8) is 0 Å². The van der Waals surface area contributed by atoms with E-state index in [2.05, 4.69) is 10.4 Å². The Labute approximate surface area is 113 Å². The molecule has 0 unspecified atom stereocenters. The summed E-state index contributed by atoms with van der Waals surface area (Å²) in [5, 5.41) is 7.22. The lowest BCUT2D eigenvalue weighted by Crippen LogP contribution is -2.08. The van der Waals surface area contributed by atoms with Gasteiger partial charge in [0, 0.05) is 7.05 Å². The van der Waals surface area contributed by atoms with Crippen molar-refractivity contribution in [3.05, 3.63) is 46.0 Å². The van der Waals surface area contributed by atoms with Gasteiger partial charge in [0.25, 0.3) is 0 Å². The Morgan fingerprint density at radius 3 is 2.53 bits per heavy atom. The predicted octanol–water partition coefficient (Wildman–Crippen LogP) is 3.41. The van der Waals surface area contributed by atoms with Gasteiger partial charge in [-0.3, -0.25) is 4.68 Å². The van der Waals surface area contributed by atoms with Gasteiger partial charge in [0.15, 0.2) is 17.5 Å². The molecule has 2 rings (SSSR count). The van der Waals surface area contributed by atoms with E-state index in [-0.39, 0.29) is 12.2 Å². The normalized spacial score (nSPS) is 10.8. The van der Waals surface area contributed by atoms with Gasteiger partial charge in [-0.2, -0.15) is 5.10 Å². The predicted molar refractivity (Wildman–Crippen MR) is 66.6 cm³/mol. The topological polar surface area (TPSA) is 29.9 Å². The molecule has 1 aromatic carbocycles. The molecule has 102 valence electrons. The first-order valence-corrected chi connectivity index (χ1v) is 5.85. The number of halogens is 4. The van der Waals surface area contributed by atoms with Gasteiger partial charge in [-0.15, -0.1) is 0 Å². The minimum atomic E-state index is -1.50. The zero-order valence-corrected chi connectivity index (χ0v) is 11.0. The third-order valence-corrected chi connectivity index (χ3v) is 3.23. The second-order valence-corrected chi connectivity index (χ2v) is 4.42. The minimum Gasteiger partial charge on any atom is -0.377 e. The van der Waals surface area contributed by atoms with E-state index in [4.69, 9.17) is 11.6 Å². The van der Waals surface area contributed by atoms with Gasteiger partial charge >= 0.3 is 0 Å².